The van der Waals surface area contributed by atoms with Crippen LogP contribution in [0, 0.1) is 10.1 Å². The quantitative estimate of drug-likeness (QED) is 0.591. The predicted octanol–water partition coefficient (Wildman–Crippen LogP) is 1.29. The van der Waals surface area contributed by atoms with Crippen molar-refractivity contribution in [2.75, 3.05) is 31.7 Å². The maximum atomic E-state index is 10.8. The number of hydrogen-bond donors (Lipinski definition) is 1. The van der Waals surface area contributed by atoms with E-state index in [4.69, 9.17) is 9.84 Å². The molecule has 8 nitrogen and oxygen atoms in total. The molecule has 0 spiro atoms. The zero-order chi connectivity index (χ0) is 14.4. The Morgan fingerprint density at radius 1 is 1.68 bits per heavy atom. The first-order valence-corrected chi connectivity index (χ1v) is 6.00. The Morgan fingerprint density at radius 3 is 2.84 bits per heavy atom. The fourth-order valence-corrected chi connectivity index (χ4v) is 1.97. The second-order valence-electron chi connectivity index (χ2n) is 3.56. The van der Waals surface area contributed by atoms with E-state index in [0.717, 1.165) is 6.20 Å². The van der Waals surface area contributed by atoms with Gasteiger partial charge in [0.05, 0.1) is 16.0 Å². The highest BCUT2D eigenvalue weighted by Gasteiger charge is 2.17. The SMILES string of the molecule is COCCN(CC(=O)O)c1ncc([N+](=O)[O-])cc1Br. The number of rotatable bonds is 7. The van der Waals surface area contributed by atoms with Gasteiger partial charge in [-0.2, -0.15) is 0 Å². The molecule has 0 aliphatic carbocycles. The van der Waals surface area contributed by atoms with Crippen LogP contribution in [0.15, 0.2) is 16.7 Å². The highest BCUT2D eigenvalue weighted by molar-refractivity contribution is 9.10. The summed E-state index contributed by atoms with van der Waals surface area (Å²) in [6.45, 7) is 0.359. The van der Waals surface area contributed by atoms with E-state index in [2.05, 4.69) is 20.9 Å². The molecule has 0 saturated carbocycles. The molecule has 9 heteroatoms. The summed E-state index contributed by atoms with van der Waals surface area (Å²) < 4.78 is 5.25. The smallest absolute Gasteiger partial charge is 0.323 e. The number of carboxylic acids is 1. The fourth-order valence-electron chi connectivity index (χ4n) is 1.38. The number of nitro groups is 1. The second kappa shape index (κ2) is 7.00. The molecule has 0 atom stereocenters. The lowest BCUT2D eigenvalue weighted by Gasteiger charge is -2.22. The van der Waals surface area contributed by atoms with Crippen molar-refractivity contribution in [1.29, 1.82) is 0 Å². The molecule has 104 valence electrons. The third kappa shape index (κ3) is 4.45. The van der Waals surface area contributed by atoms with Gasteiger partial charge in [-0.05, 0) is 15.9 Å². The number of pyridine rings is 1. The first-order chi connectivity index (χ1) is 8.95. The molecule has 0 radical (unpaired) electrons. The van der Waals surface area contributed by atoms with Crippen molar-refractivity contribution in [3.05, 3.63) is 26.9 Å². The standard InChI is InChI=1S/C10H12BrN3O5/c1-19-3-2-13(6-9(15)16)10-8(11)4-7(5-12-10)14(17)18/h4-5H,2-3,6H2,1H3,(H,15,16). The van der Waals surface area contributed by atoms with E-state index < -0.39 is 10.9 Å². The number of aliphatic carboxylic acids is 1. The molecule has 0 aliphatic rings. The number of ether oxygens (including phenoxy) is 1. The van der Waals surface area contributed by atoms with Gasteiger partial charge in [-0.3, -0.25) is 14.9 Å². The zero-order valence-corrected chi connectivity index (χ0v) is 11.7. The normalized spacial score (nSPS) is 10.2. The maximum Gasteiger partial charge on any atom is 0.323 e. The van der Waals surface area contributed by atoms with Crippen molar-refractivity contribution in [2.24, 2.45) is 0 Å². The molecule has 0 fully saturated rings. The van der Waals surface area contributed by atoms with Gasteiger partial charge >= 0.3 is 5.97 Å². The number of aromatic nitrogens is 1. The highest BCUT2D eigenvalue weighted by atomic mass is 79.9. The molecular formula is C10H12BrN3O5. The number of methoxy groups -OCH3 is 1. The van der Waals surface area contributed by atoms with Gasteiger partial charge < -0.3 is 14.7 Å². The zero-order valence-electron chi connectivity index (χ0n) is 10.1. The van der Waals surface area contributed by atoms with Gasteiger partial charge in [0.15, 0.2) is 0 Å². The Labute approximate surface area is 117 Å². The summed E-state index contributed by atoms with van der Waals surface area (Å²) in [6, 6.07) is 1.28. The number of nitrogens with zero attached hydrogens (tertiary/aromatic N) is 3. The Kier molecular flexibility index (Phi) is 5.64. The monoisotopic (exact) mass is 333 g/mol. The molecule has 0 bridgehead atoms. The van der Waals surface area contributed by atoms with Gasteiger partial charge in [0.2, 0.25) is 0 Å². The van der Waals surface area contributed by atoms with Crippen LogP contribution in [0.2, 0.25) is 0 Å². The van der Waals surface area contributed by atoms with Gasteiger partial charge in [0, 0.05) is 19.7 Å². The van der Waals surface area contributed by atoms with E-state index in [1.165, 1.54) is 18.1 Å². The molecule has 0 aliphatic heterocycles. The summed E-state index contributed by atoms with van der Waals surface area (Å²) in [5.41, 5.74) is -0.169. The van der Waals surface area contributed by atoms with E-state index in [-0.39, 0.29) is 12.2 Å². The van der Waals surface area contributed by atoms with Crippen LogP contribution in [0.5, 0.6) is 0 Å². The van der Waals surface area contributed by atoms with Crippen LogP contribution in [0.3, 0.4) is 0 Å². The number of carbonyl (C=O) groups is 1. The third-order valence-corrected chi connectivity index (χ3v) is 2.79. The first-order valence-electron chi connectivity index (χ1n) is 5.21. The molecule has 19 heavy (non-hydrogen) atoms. The summed E-state index contributed by atoms with van der Waals surface area (Å²) in [5, 5.41) is 19.4. The lowest BCUT2D eigenvalue weighted by molar-refractivity contribution is -0.385. The summed E-state index contributed by atoms with van der Waals surface area (Å²) in [4.78, 5) is 26.2. The Bertz CT molecular complexity index is 482. The maximum absolute atomic E-state index is 10.8. The minimum absolute atomic E-state index is 0.169. The minimum atomic E-state index is -1.02. The molecule has 0 unspecified atom stereocenters. The summed E-state index contributed by atoms with van der Waals surface area (Å²) in [5.74, 6) is -0.701. The molecule has 1 aromatic rings. The van der Waals surface area contributed by atoms with Crippen LogP contribution in [0.1, 0.15) is 0 Å². The second-order valence-corrected chi connectivity index (χ2v) is 4.42. The van der Waals surface area contributed by atoms with Crippen molar-refractivity contribution >= 4 is 33.4 Å². The number of hydrogen-bond acceptors (Lipinski definition) is 6. The summed E-state index contributed by atoms with van der Waals surface area (Å²) in [7, 11) is 1.50. The van der Waals surface area contributed by atoms with Crippen molar-refractivity contribution in [2.45, 2.75) is 0 Å². The van der Waals surface area contributed by atoms with Gasteiger partial charge in [-0.25, -0.2) is 4.98 Å². The molecule has 1 aromatic heterocycles. The van der Waals surface area contributed by atoms with Crippen molar-refractivity contribution in [3.8, 4) is 0 Å². The van der Waals surface area contributed by atoms with E-state index in [1.54, 1.807) is 0 Å². The Morgan fingerprint density at radius 2 is 2.37 bits per heavy atom. The molecule has 0 amide bonds. The van der Waals surface area contributed by atoms with Crippen LogP contribution in [0.25, 0.3) is 0 Å². The Balaban J connectivity index is 3.00. The molecular weight excluding hydrogens is 322 g/mol. The number of halogens is 1. The predicted molar refractivity (Wildman–Crippen MR) is 70.3 cm³/mol. The van der Waals surface area contributed by atoms with Crippen LogP contribution in [-0.2, 0) is 9.53 Å². The molecule has 0 saturated heterocycles. The van der Waals surface area contributed by atoms with Crippen LogP contribution < -0.4 is 4.90 Å². The van der Waals surface area contributed by atoms with Crippen molar-refractivity contribution in [1.82, 2.24) is 4.98 Å². The van der Waals surface area contributed by atoms with Crippen molar-refractivity contribution in [3.63, 3.8) is 0 Å². The number of anilines is 1. The number of carboxylic acid groups (broad SMARTS) is 1. The Hall–Kier alpha value is -1.74. The molecule has 0 aromatic carbocycles. The van der Waals surface area contributed by atoms with E-state index >= 15 is 0 Å². The first kappa shape index (κ1) is 15.3. The van der Waals surface area contributed by atoms with E-state index in [1.807, 2.05) is 0 Å². The molecule has 1 rings (SSSR count). The molecule has 1 N–H and O–H groups in total. The minimum Gasteiger partial charge on any atom is -0.480 e. The van der Waals surface area contributed by atoms with Gasteiger partial charge in [-0.1, -0.05) is 0 Å². The van der Waals surface area contributed by atoms with Gasteiger partial charge in [0.1, 0.15) is 18.6 Å². The topological polar surface area (TPSA) is 106 Å². The third-order valence-electron chi connectivity index (χ3n) is 2.21. The van der Waals surface area contributed by atoms with Gasteiger partial charge in [0.25, 0.3) is 5.69 Å². The summed E-state index contributed by atoms with van der Waals surface area (Å²) >= 11 is 3.16. The average molecular weight is 334 g/mol. The largest absolute Gasteiger partial charge is 0.480 e. The van der Waals surface area contributed by atoms with Crippen molar-refractivity contribution < 1.29 is 19.6 Å². The van der Waals surface area contributed by atoms with Crippen LogP contribution in [0.4, 0.5) is 11.5 Å². The highest BCUT2D eigenvalue weighted by Crippen LogP contribution is 2.27. The van der Waals surface area contributed by atoms with E-state index in [9.17, 15) is 14.9 Å². The average Bonchev–Trinajstić information content (AvgIpc) is 2.34. The fraction of sp³-hybridized carbons (Fsp3) is 0.400. The van der Waals surface area contributed by atoms with Crippen LogP contribution >= 0.6 is 15.9 Å². The summed E-state index contributed by atoms with van der Waals surface area (Å²) in [6.07, 6.45) is 1.09. The van der Waals surface area contributed by atoms with Crippen LogP contribution in [-0.4, -0.2) is 47.8 Å². The molecule has 1 heterocycles. The van der Waals surface area contributed by atoms with E-state index in [0.29, 0.717) is 23.4 Å². The lowest BCUT2D eigenvalue weighted by atomic mass is 10.3. The van der Waals surface area contributed by atoms with Gasteiger partial charge in [-0.15, -0.1) is 0 Å². The lowest BCUT2D eigenvalue weighted by Crippen LogP contribution is -2.33.